The average molecular weight is 383 g/mol. The molecule has 2 aliphatic heterocycles. The molecule has 3 amide bonds. The molecule has 0 bridgehead atoms. The summed E-state index contributed by atoms with van der Waals surface area (Å²) >= 11 is 0. The lowest BCUT2D eigenvalue weighted by atomic mass is 9.84. The maximum Gasteiger partial charge on any atom is 0.290 e. The summed E-state index contributed by atoms with van der Waals surface area (Å²) < 4.78 is 5.81. The van der Waals surface area contributed by atoms with E-state index in [1.807, 2.05) is 34.1 Å². The van der Waals surface area contributed by atoms with Gasteiger partial charge in [-0.05, 0) is 31.4 Å². The first-order valence-electron chi connectivity index (χ1n) is 9.71. The lowest BCUT2D eigenvalue weighted by molar-refractivity contribution is -0.131. The Labute approximate surface area is 163 Å². The van der Waals surface area contributed by atoms with Crippen LogP contribution in [0.2, 0.25) is 0 Å². The Hall–Kier alpha value is -2.83. The molecule has 3 heterocycles. The molecule has 1 aromatic heterocycles. The number of nitrogens with one attached hydrogen (secondary N) is 1. The number of hydrogen-bond acceptors (Lipinski definition) is 4. The lowest BCUT2D eigenvalue weighted by Crippen LogP contribution is -2.54. The van der Waals surface area contributed by atoms with Crippen molar-refractivity contribution in [2.24, 2.45) is 0 Å². The Bertz CT molecular complexity index is 894. The summed E-state index contributed by atoms with van der Waals surface area (Å²) in [7, 11) is 0. The highest BCUT2D eigenvalue weighted by atomic mass is 16.3. The van der Waals surface area contributed by atoms with E-state index in [1.54, 1.807) is 13.0 Å². The second kappa shape index (κ2) is 6.96. The van der Waals surface area contributed by atoms with Gasteiger partial charge in [0.25, 0.3) is 5.91 Å². The number of likely N-dealkylation sites (tertiary alicyclic amines) is 2. The van der Waals surface area contributed by atoms with Crippen molar-refractivity contribution < 1.29 is 18.8 Å². The van der Waals surface area contributed by atoms with Crippen LogP contribution >= 0.6 is 0 Å². The molecule has 2 saturated heterocycles. The molecule has 148 valence electrons. The minimum absolute atomic E-state index is 0.0569. The van der Waals surface area contributed by atoms with Gasteiger partial charge < -0.3 is 19.5 Å². The molecule has 0 saturated carbocycles. The number of hydrogen-bond donors (Lipinski definition) is 1. The SMILES string of the molecule is CC(=O)N[C@H]1CN(C(=O)c2cc3ccccc3o2)C2(CCN(C(C)=O)CC2)C1. The Morgan fingerprint density at radius 3 is 2.50 bits per heavy atom. The molecular formula is C21H25N3O4. The van der Waals surface area contributed by atoms with Gasteiger partial charge in [0.15, 0.2) is 5.76 Å². The largest absolute Gasteiger partial charge is 0.451 e. The van der Waals surface area contributed by atoms with Crippen molar-refractivity contribution in [1.29, 1.82) is 0 Å². The van der Waals surface area contributed by atoms with Crippen LogP contribution in [0.15, 0.2) is 34.7 Å². The van der Waals surface area contributed by atoms with E-state index in [1.165, 1.54) is 6.92 Å². The Balaban J connectivity index is 1.62. The number of para-hydroxylation sites is 1. The predicted octanol–water partition coefficient (Wildman–Crippen LogP) is 2.16. The number of nitrogens with zero attached hydrogens (tertiary/aromatic N) is 2. The van der Waals surface area contributed by atoms with Gasteiger partial charge in [-0.1, -0.05) is 18.2 Å². The topological polar surface area (TPSA) is 82.9 Å². The van der Waals surface area contributed by atoms with Crippen LogP contribution in [0.1, 0.15) is 43.7 Å². The molecule has 2 fully saturated rings. The van der Waals surface area contributed by atoms with Gasteiger partial charge in [-0.2, -0.15) is 0 Å². The summed E-state index contributed by atoms with van der Waals surface area (Å²) in [5.74, 6) is 0.124. The van der Waals surface area contributed by atoms with Crippen LogP contribution in [0.3, 0.4) is 0 Å². The van der Waals surface area contributed by atoms with Crippen LogP contribution in [0.5, 0.6) is 0 Å². The zero-order valence-electron chi connectivity index (χ0n) is 16.2. The highest BCUT2D eigenvalue weighted by Gasteiger charge is 2.50. The molecule has 1 N–H and O–H groups in total. The van der Waals surface area contributed by atoms with Crippen LogP contribution in [-0.4, -0.2) is 58.7 Å². The summed E-state index contributed by atoms with van der Waals surface area (Å²) in [4.78, 5) is 40.4. The standard InChI is InChI=1S/C21H25N3O4/c1-14(25)22-17-12-21(7-9-23(10-8-21)15(2)26)24(13-17)20(27)19-11-16-5-3-4-6-18(16)28-19/h3-6,11,17H,7-10,12-13H2,1-2H3,(H,22,25)/t17-/m1/s1. The first-order valence-corrected chi connectivity index (χ1v) is 9.71. The van der Waals surface area contributed by atoms with Crippen LogP contribution < -0.4 is 5.32 Å². The quantitative estimate of drug-likeness (QED) is 0.862. The number of carbonyl (C=O) groups is 3. The van der Waals surface area contributed by atoms with Crippen LogP contribution in [0.25, 0.3) is 11.0 Å². The molecule has 0 radical (unpaired) electrons. The molecule has 2 aromatic rings. The van der Waals surface area contributed by atoms with Gasteiger partial charge in [0.05, 0.1) is 0 Å². The van der Waals surface area contributed by atoms with E-state index in [0.29, 0.717) is 50.2 Å². The highest BCUT2D eigenvalue weighted by molar-refractivity contribution is 5.96. The van der Waals surface area contributed by atoms with Gasteiger partial charge in [-0.15, -0.1) is 0 Å². The van der Waals surface area contributed by atoms with E-state index in [-0.39, 0.29) is 29.3 Å². The number of carbonyl (C=O) groups excluding carboxylic acids is 3. The Morgan fingerprint density at radius 1 is 1.14 bits per heavy atom. The van der Waals surface area contributed by atoms with Crippen LogP contribution in [-0.2, 0) is 9.59 Å². The molecule has 28 heavy (non-hydrogen) atoms. The molecule has 0 unspecified atom stereocenters. The predicted molar refractivity (Wildman–Crippen MR) is 104 cm³/mol. The molecule has 1 spiro atoms. The van der Waals surface area contributed by atoms with E-state index in [0.717, 1.165) is 5.39 Å². The van der Waals surface area contributed by atoms with Gasteiger partial charge in [-0.25, -0.2) is 0 Å². The van der Waals surface area contributed by atoms with E-state index in [2.05, 4.69) is 5.32 Å². The van der Waals surface area contributed by atoms with Crippen LogP contribution in [0.4, 0.5) is 0 Å². The second-order valence-electron chi connectivity index (χ2n) is 7.90. The molecular weight excluding hydrogens is 358 g/mol. The third-order valence-electron chi connectivity index (χ3n) is 6.03. The van der Waals surface area contributed by atoms with Crippen molar-refractivity contribution in [1.82, 2.24) is 15.1 Å². The number of benzene rings is 1. The summed E-state index contributed by atoms with van der Waals surface area (Å²) in [5.41, 5.74) is 0.318. The first-order chi connectivity index (χ1) is 13.4. The summed E-state index contributed by atoms with van der Waals surface area (Å²) in [5, 5.41) is 3.86. The molecule has 7 heteroatoms. The number of fused-ring (bicyclic) bond motifs is 1. The van der Waals surface area contributed by atoms with Gasteiger partial charge in [0.2, 0.25) is 11.8 Å². The summed E-state index contributed by atoms with van der Waals surface area (Å²) in [6.45, 7) is 4.76. The number of furan rings is 1. The fourth-order valence-corrected chi connectivity index (χ4v) is 4.66. The lowest BCUT2D eigenvalue weighted by Gasteiger charge is -2.44. The third kappa shape index (κ3) is 3.25. The molecule has 7 nitrogen and oxygen atoms in total. The first kappa shape index (κ1) is 18.5. The zero-order chi connectivity index (χ0) is 19.9. The molecule has 1 atom stereocenters. The normalized spacial score (nSPS) is 21.3. The molecule has 4 rings (SSSR count). The summed E-state index contributed by atoms with van der Waals surface area (Å²) in [6, 6.07) is 9.24. The maximum atomic E-state index is 13.4. The molecule has 1 aromatic carbocycles. The van der Waals surface area contributed by atoms with E-state index in [9.17, 15) is 14.4 Å². The third-order valence-corrected chi connectivity index (χ3v) is 6.03. The van der Waals surface area contributed by atoms with E-state index in [4.69, 9.17) is 4.42 Å². The second-order valence-corrected chi connectivity index (χ2v) is 7.90. The highest BCUT2D eigenvalue weighted by Crippen LogP contribution is 2.40. The fraction of sp³-hybridized carbons (Fsp3) is 0.476. The average Bonchev–Trinajstić information content (AvgIpc) is 3.23. The fourth-order valence-electron chi connectivity index (χ4n) is 4.66. The molecule has 2 aliphatic rings. The Morgan fingerprint density at radius 2 is 1.86 bits per heavy atom. The van der Waals surface area contributed by atoms with Crippen LogP contribution in [0, 0.1) is 0 Å². The van der Waals surface area contributed by atoms with Gasteiger partial charge in [-0.3, -0.25) is 14.4 Å². The van der Waals surface area contributed by atoms with Crippen molar-refractivity contribution in [2.75, 3.05) is 19.6 Å². The van der Waals surface area contributed by atoms with Crippen molar-refractivity contribution in [3.8, 4) is 0 Å². The number of piperidine rings is 1. The minimum atomic E-state index is -0.366. The number of amides is 3. The monoisotopic (exact) mass is 383 g/mol. The van der Waals surface area contributed by atoms with Crippen molar-refractivity contribution in [2.45, 2.75) is 44.7 Å². The van der Waals surface area contributed by atoms with Gasteiger partial charge in [0.1, 0.15) is 5.58 Å². The smallest absolute Gasteiger partial charge is 0.290 e. The Kier molecular flexibility index (Phi) is 4.61. The zero-order valence-corrected chi connectivity index (χ0v) is 16.2. The minimum Gasteiger partial charge on any atom is -0.451 e. The summed E-state index contributed by atoms with van der Waals surface area (Å²) in [6.07, 6.45) is 2.10. The maximum absolute atomic E-state index is 13.4. The van der Waals surface area contributed by atoms with E-state index >= 15 is 0 Å². The van der Waals surface area contributed by atoms with Gasteiger partial charge >= 0.3 is 0 Å². The molecule has 0 aliphatic carbocycles. The van der Waals surface area contributed by atoms with Crippen molar-refractivity contribution >= 4 is 28.7 Å². The van der Waals surface area contributed by atoms with Gasteiger partial charge in [0, 0.05) is 50.4 Å². The van der Waals surface area contributed by atoms with Crippen molar-refractivity contribution in [3.63, 3.8) is 0 Å². The van der Waals surface area contributed by atoms with Crippen molar-refractivity contribution in [3.05, 3.63) is 36.1 Å². The van der Waals surface area contributed by atoms with E-state index < -0.39 is 0 Å². The number of rotatable bonds is 2.